The van der Waals surface area contributed by atoms with Crippen LogP contribution in [0, 0.1) is 17.6 Å². The van der Waals surface area contributed by atoms with Crippen molar-refractivity contribution in [2.75, 3.05) is 13.1 Å². The molecule has 0 amide bonds. The second kappa shape index (κ2) is 7.59. The van der Waals surface area contributed by atoms with Crippen molar-refractivity contribution in [3.05, 3.63) is 71.4 Å². The van der Waals surface area contributed by atoms with Crippen LogP contribution in [0.15, 0.2) is 48.7 Å². The van der Waals surface area contributed by atoms with Gasteiger partial charge in [-0.25, -0.2) is 17.6 Å². The maximum atomic E-state index is 14.5. The Morgan fingerprint density at radius 2 is 1.79 bits per heavy atom. The van der Waals surface area contributed by atoms with Crippen molar-refractivity contribution in [2.24, 2.45) is 5.92 Å². The molecule has 3 aromatic rings. The van der Waals surface area contributed by atoms with Gasteiger partial charge in [-0.2, -0.15) is 0 Å². The highest BCUT2D eigenvalue weighted by molar-refractivity contribution is 5.83. The molecule has 0 unspecified atom stereocenters. The van der Waals surface area contributed by atoms with Crippen LogP contribution in [0.2, 0.25) is 0 Å². The van der Waals surface area contributed by atoms with Crippen LogP contribution >= 0.6 is 0 Å². The number of nitrogens with zero attached hydrogens (tertiary/aromatic N) is 1. The van der Waals surface area contributed by atoms with E-state index in [9.17, 15) is 17.6 Å². The average molecular weight is 390 g/mol. The summed E-state index contributed by atoms with van der Waals surface area (Å²) >= 11 is 0. The van der Waals surface area contributed by atoms with E-state index in [2.05, 4.69) is 4.98 Å². The van der Waals surface area contributed by atoms with Crippen LogP contribution in [-0.4, -0.2) is 28.9 Å². The zero-order valence-electron chi connectivity index (χ0n) is 15.4. The van der Waals surface area contributed by atoms with Crippen molar-refractivity contribution in [1.29, 1.82) is 0 Å². The normalized spacial score (nSPS) is 19.9. The van der Waals surface area contributed by atoms with Gasteiger partial charge in [-0.1, -0.05) is 12.1 Å². The molecular formula is C22H22F4N2. The Hall–Kier alpha value is -2.34. The monoisotopic (exact) mass is 390 g/mol. The van der Waals surface area contributed by atoms with E-state index in [0.717, 1.165) is 16.5 Å². The van der Waals surface area contributed by atoms with Crippen molar-refractivity contribution in [1.82, 2.24) is 9.88 Å². The molecule has 1 aliphatic heterocycles. The number of aromatic nitrogens is 1. The number of hydrogen-bond acceptors (Lipinski definition) is 1. The highest BCUT2D eigenvalue weighted by atomic mass is 19.3. The second-order valence-electron chi connectivity index (χ2n) is 7.61. The molecule has 1 aromatic heterocycles. The van der Waals surface area contributed by atoms with E-state index in [4.69, 9.17) is 0 Å². The molecule has 1 saturated heterocycles. The molecule has 1 atom stereocenters. The highest BCUT2D eigenvalue weighted by Crippen LogP contribution is 2.37. The van der Waals surface area contributed by atoms with Gasteiger partial charge in [0.2, 0.25) is 0 Å². The first-order valence-electron chi connectivity index (χ1n) is 9.51. The van der Waals surface area contributed by atoms with Crippen molar-refractivity contribution >= 4 is 10.9 Å². The zero-order valence-corrected chi connectivity index (χ0v) is 15.4. The first kappa shape index (κ1) is 19.0. The largest absolute Gasteiger partial charge is 0.361 e. The molecule has 1 fully saturated rings. The van der Waals surface area contributed by atoms with Gasteiger partial charge < -0.3 is 4.98 Å². The fraction of sp³-hybridized carbons (Fsp3) is 0.364. The summed E-state index contributed by atoms with van der Waals surface area (Å²) in [5.74, 6) is -4.07. The number of alkyl halides is 2. The van der Waals surface area contributed by atoms with Gasteiger partial charge in [0.15, 0.2) is 0 Å². The molecule has 6 heteroatoms. The first-order chi connectivity index (χ1) is 13.4. The molecule has 0 spiro atoms. The van der Waals surface area contributed by atoms with Gasteiger partial charge in [0.05, 0.1) is 0 Å². The van der Waals surface area contributed by atoms with Crippen LogP contribution in [0.5, 0.6) is 0 Å². The quantitative estimate of drug-likeness (QED) is 0.567. The van der Waals surface area contributed by atoms with Crippen molar-refractivity contribution < 1.29 is 17.6 Å². The third-order valence-corrected chi connectivity index (χ3v) is 5.66. The third-order valence-electron chi connectivity index (χ3n) is 5.66. The fourth-order valence-corrected chi connectivity index (χ4v) is 4.02. The van der Waals surface area contributed by atoms with Crippen LogP contribution in [0.3, 0.4) is 0 Å². The van der Waals surface area contributed by atoms with Gasteiger partial charge in [0.25, 0.3) is 5.92 Å². The van der Waals surface area contributed by atoms with Crippen LogP contribution in [0.1, 0.15) is 24.0 Å². The minimum Gasteiger partial charge on any atom is -0.361 e. The Bertz CT molecular complexity index is 949. The molecular weight excluding hydrogens is 368 g/mol. The summed E-state index contributed by atoms with van der Waals surface area (Å²) in [4.78, 5) is 5.09. The molecule has 148 valence electrons. The van der Waals surface area contributed by atoms with E-state index in [1.807, 2.05) is 11.1 Å². The minimum absolute atomic E-state index is 0.169. The van der Waals surface area contributed by atoms with E-state index in [1.165, 1.54) is 24.3 Å². The lowest BCUT2D eigenvalue weighted by Gasteiger charge is -2.38. The van der Waals surface area contributed by atoms with Gasteiger partial charge in [-0.15, -0.1) is 0 Å². The van der Waals surface area contributed by atoms with E-state index < -0.39 is 11.8 Å². The lowest BCUT2D eigenvalue weighted by atomic mass is 9.88. The fourth-order valence-electron chi connectivity index (χ4n) is 4.02. The van der Waals surface area contributed by atoms with Gasteiger partial charge in [0, 0.05) is 49.1 Å². The highest BCUT2D eigenvalue weighted by Gasteiger charge is 2.43. The molecule has 0 aliphatic carbocycles. The molecule has 0 radical (unpaired) electrons. The van der Waals surface area contributed by atoms with Crippen molar-refractivity contribution in [3.8, 4) is 0 Å². The lowest BCUT2D eigenvalue weighted by molar-refractivity contribution is -0.109. The first-order valence-corrected chi connectivity index (χ1v) is 9.51. The van der Waals surface area contributed by atoms with Gasteiger partial charge in [-0.05, 0) is 54.3 Å². The summed E-state index contributed by atoms with van der Waals surface area (Å²) in [6.07, 6.45) is 2.51. The van der Waals surface area contributed by atoms with Crippen LogP contribution < -0.4 is 0 Å². The predicted molar refractivity (Wildman–Crippen MR) is 101 cm³/mol. The standard InChI is InChI=1S/C22H22F4N2/c23-18-5-2-15(3-6-18)1-4-17-14-28(10-9-22(17,25)26)13-16-12-27-21-11-19(24)7-8-20(16)21/h2-3,5-8,11-12,17,27H,1,4,9-10,13-14H2/t17-/m0/s1. The van der Waals surface area contributed by atoms with Crippen LogP contribution in [0.25, 0.3) is 10.9 Å². The zero-order chi connectivity index (χ0) is 19.7. The summed E-state index contributed by atoms with van der Waals surface area (Å²) in [5.41, 5.74) is 2.57. The molecule has 2 aromatic carbocycles. The molecule has 28 heavy (non-hydrogen) atoms. The van der Waals surface area contributed by atoms with E-state index >= 15 is 0 Å². The van der Waals surface area contributed by atoms with Gasteiger partial charge in [0.1, 0.15) is 11.6 Å². The Morgan fingerprint density at radius 3 is 2.57 bits per heavy atom. The average Bonchev–Trinajstić information content (AvgIpc) is 3.05. The number of aromatic amines is 1. The summed E-state index contributed by atoms with van der Waals surface area (Å²) in [5, 5.41) is 0.918. The number of benzene rings is 2. The maximum absolute atomic E-state index is 14.5. The van der Waals surface area contributed by atoms with Crippen molar-refractivity contribution in [3.63, 3.8) is 0 Å². The second-order valence-corrected chi connectivity index (χ2v) is 7.61. The molecule has 2 heterocycles. The molecule has 2 nitrogen and oxygen atoms in total. The predicted octanol–water partition coefficient (Wildman–Crippen LogP) is 5.54. The number of aryl methyl sites for hydroxylation is 1. The van der Waals surface area contributed by atoms with E-state index in [1.54, 1.807) is 18.2 Å². The number of fused-ring (bicyclic) bond motifs is 1. The summed E-state index contributed by atoms with van der Waals surface area (Å²) < 4.78 is 55.3. The number of rotatable bonds is 5. The van der Waals surface area contributed by atoms with Gasteiger partial charge in [-0.3, -0.25) is 4.90 Å². The topological polar surface area (TPSA) is 19.0 Å². The summed E-state index contributed by atoms with van der Waals surface area (Å²) in [7, 11) is 0. The molecule has 0 saturated carbocycles. The minimum atomic E-state index is -2.69. The number of H-pyrrole nitrogens is 1. The SMILES string of the molecule is Fc1ccc(CC[C@H]2CN(Cc3c[nH]c4cc(F)ccc34)CCC2(F)F)cc1. The van der Waals surface area contributed by atoms with Crippen molar-refractivity contribution in [2.45, 2.75) is 31.7 Å². The third kappa shape index (κ3) is 4.07. The Labute approximate surface area is 161 Å². The smallest absolute Gasteiger partial charge is 0.253 e. The molecule has 1 aliphatic rings. The number of hydrogen-bond donors (Lipinski definition) is 1. The number of piperidine rings is 1. The number of nitrogens with one attached hydrogen (secondary N) is 1. The number of halogens is 4. The molecule has 0 bridgehead atoms. The van der Waals surface area contributed by atoms with Gasteiger partial charge >= 0.3 is 0 Å². The Kier molecular flexibility index (Phi) is 5.15. The van der Waals surface area contributed by atoms with E-state index in [-0.39, 0.29) is 18.1 Å². The van der Waals surface area contributed by atoms with Crippen LogP contribution in [-0.2, 0) is 13.0 Å². The summed E-state index contributed by atoms with van der Waals surface area (Å²) in [6.45, 7) is 1.19. The Balaban J connectivity index is 1.43. The molecule has 4 rings (SSSR count). The summed E-state index contributed by atoms with van der Waals surface area (Å²) in [6, 6.07) is 10.6. The lowest BCUT2D eigenvalue weighted by Crippen LogP contribution is -2.46. The van der Waals surface area contributed by atoms with E-state index in [0.29, 0.717) is 38.0 Å². The molecule has 1 N–H and O–H groups in total. The Morgan fingerprint density at radius 1 is 1.04 bits per heavy atom. The number of likely N-dealkylation sites (tertiary alicyclic amines) is 1. The van der Waals surface area contributed by atoms with Crippen LogP contribution in [0.4, 0.5) is 17.6 Å². The maximum Gasteiger partial charge on any atom is 0.253 e.